The fraction of sp³-hybridized carbons (Fsp3) is 0.500. The van der Waals surface area contributed by atoms with Gasteiger partial charge >= 0.3 is 6.03 Å². The molecule has 24 heavy (non-hydrogen) atoms. The van der Waals surface area contributed by atoms with Crippen molar-refractivity contribution in [2.45, 2.75) is 25.4 Å². The van der Waals surface area contributed by atoms with Gasteiger partial charge in [0.05, 0.1) is 12.2 Å². The van der Waals surface area contributed by atoms with Crippen molar-refractivity contribution in [2.24, 2.45) is 0 Å². The van der Waals surface area contributed by atoms with Crippen LogP contribution in [0.1, 0.15) is 18.7 Å². The number of para-hydroxylation sites is 1. The molecule has 2 aliphatic rings. The highest BCUT2D eigenvalue weighted by Crippen LogP contribution is 2.19. The Balaban J connectivity index is 1.46. The van der Waals surface area contributed by atoms with Gasteiger partial charge in [-0.3, -0.25) is 4.90 Å². The summed E-state index contributed by atoms with van der Waals surface area (Å²) in [6.07, 6.45) is 2.15. The van der Waals surface area contributed by atoms with E-state index in [1.807, 2.05) is 35.2 Å². The van der Waals surface area contributed by atoms with Crippen LogP contribution >= 0.6 is 0 Å². The first-order chi connectivity index (χ1) is 11.8. The number of aromatic nitrogens is 4. The summed E-state index contributed by atoms with van der Waals surface area (Å²) in [7, 11) is 0. The van der Waals surface area contributed by atoms with Gasteiger partial charge in [-0.05, 0) is 41.9 Å². The third kappa shape index (κ3) is 2.96. The van der Waals surface area contributed by atoms with Crippen molar-refractivity contribution in [3.8, 4) is 5.69 Å². The molecule has 0 unspecified atom stereocenters. The van der Waals surface area contributed by atoms with Crippen molar-refractivity contribution in [1.82, 2.24) is 35.3 Å². The van der Waals surface area contributed by atoms with E-state index < -0.39 is 0 Å². The third-order valence-electron chi connectivity index (χ3n) is 4.71. The largest absolute Gasteiger partial charge is 0.336 e. The number of carbonyl (C=O) groups excluding carboxylic acids is 1. The van der Waals surface area contributed by atoms with Gasteiger partial charge in [-0.1, -0.05) is 18.2 Å². The van der Waals surface area contributed by atoms with Crippen LogP contribution in [0.3, 0.4) is 0 Å². The van der Waals surface area contributed by atoms with Crippen LogP contribution in [0.25, 0.3) is 5.69 Å². The average Bonchev–Trinajstić information content (AvgIpc) is 3.25. The molecule has 2 aliphatic heterocycles. The Morgan fingerprint density at radius 2 is 2.08 bits per heavy atom. The van der Waals surface area contributed by atoms with E-state index >= 15 is 0 Å². The van der Waals surface area contributed by atoms with E-state index in [1.165, 1.54) is 0 Å². The van der Waals surface area contributed by atoms with E-state index in [0.717, 1.165) is 50.5 Å². The van der Waals surface area contributed by atoms with Crippen molar-refractivity contribution in [2.75, 3.05) is 26.2 Å². The van der Waals surface area contributed by atoms with Crippen molar-refractivity contribution in [1.29, 1.82) is 0 Å². The molecule has 4 rings (SSSR count). The van der Waals surface area contributed by atoms with E-state index in [1.54, 1.807) is 4.68 Å². The lowest BCUT2D eigenvalue weighted by Crippen LogP contribution is -2.48. The summed E-state index contributed by atoms with van der Waals surface area (Å²) in [5.74, 6) is 0.827. The van der Waals surface area contributed by atoms with Crippen LogP contribution in [0, 0.1) is 0 Å². The molecule has 2 saturated heterocycles. The van der Waals surface area contributed by atoms with Gasteiger partial charge in [0.1, 0.15) is 0 Å². The minimum Gasteiger partial charge on any atom is -0.336 e. The summed E-state index contributed by atoms with van der Waals surface area (Å²) < 4.78 is 1.78. The summed E-state index contributed by atoms with van der Waals surface area (Å²) in [4.78, 5) is 16.2. The molecule has 2 fully saturated rings. The van der Waals surface area contributed by atoms with E-state index in [0.29, 0.717) is 6.54 Å². The number of urea groups is 1. The Kier molecular flexibility index (Phi) is 4.12. The first-order valence-electron chi connectivity index (χ1n) is 8.41. The highest BCUT2D eigenvalue weighted by atomic mass is 16.2. The number of nitrogens with zero attached hydrogens (tertiary/aromatic N) is 6. The van der Waals surface area contributed by atoms with Crippen molar-refractivity contribution < 1.29 is 4.79 Å². The second-order valence-corrected chi connectivity index (χ2v) is 6.30. The molecule has 1 N–H and O–H groups in total. The predicted octanol–water partition coefficient (Wildman–Crippen LogP) is 0.652. The van der Waals surface area contributed by atoms with Gasteiger partial charge in [0.15, 0.2) is 5.82 Å². The van der Waals surface area contributed by atoms with Gasteiger partial charge < -0.3 is 10.2 Å². The number of piperidine rings is 1. The maximum atomic E-state index is 11.9. The summed E-state index contributed by atoms with van der Waals surface area (Å²) in [5, 5.41) is 15.0. The van der Waals surface area contributed by atoms with Gasteiger partial charge in [0.25, 0.3) is 0 Å². The number of likely N-dealkylation sites (tertiary alicyclic amines) is 1. The molecule has 0 bridgehead atoms. The summed E-state index contributed by atoms with van der Waals surface area (Å²) >= 11 is 0. The van der Waals surface area contributed by atoms with Crippen LogP contribution in [0.4, 0.5) is 4.79 Å². The summed E-state index contributed by atoms with van der Waals surface area (Å²) in [6, 6.07) is 10.3. The molecule has 3 heterocycles. The minimum absolute atomic E-state index is 0.0657. The Hall–Kier alpha value is -2.48. The fourth-order valence-corrected chi connectivity index (χ4v) is 3.54. The average molecular weight is 327 g/mol. The lowest BCUT2D eigenvalue weighted by Gasteiger charge is -2.36. The normalized spacial score (nSPS) is 21.9. The monoisotopic (exact) mass is 327 g/mol. The molecule has 126 valence electrons. The van der Waals surface area contributed by atoms with Crippen LogP contribution in [-0.2, 0) is 6.54 Å². The Bertz CT molecular complexity index is 701. The van der Waals surface area contributed by atoms with Crippen LogP contribution in [0.2, 0.25) is 0 Å². The lowest BCUT2D eigenvalue weighted by molar-refractivity contribution is 0.119. The maximum Gasteiger partial charge on any atom is 0.317 e. The maximum absolute atomic E-state index is 11.9. The Morgan fingerprint density at radius 1 is 1.21 bits per heavy atom. The number of hydrogen-bond donors (Lipinski definition) is 1. The number of nitrogens with one attached hydrogen (secondary N) is 1. The number of tetrazole rings is 1. The third-order valence-corrected chi connectivity index (χ3v) is 4.71. The van der Waals surface area contributed by atoms with Gasteiger partial charge in [-0.25, -0.2) is 4.79 Å². The first kappa shape index (κ1) is 15.1. The number of amides is 2. The Morgan fingerprint density at radius 3 is 2.88 bits per heavy atom. The molecule has 1 aromatic carbocycles. The van der Waals surface area contributed by atoms with Crippen molar-refractivity contribution in [3.63, 3.8) is 0 Å². The lowest BCUT2D eigenvalue weighted by atomic mass is 10.0. The number of carbonyl (C=O) groups is 1. The quantitative estimate of drug-likeness (QED) is 0.892. The van der Waals surface area contributed by atoms with Crippen molar-refractivity contribution in [3.05, 3.63) is 36.2 Å². The second kappa shape index (κ2) is 6.56. The number of benzene rings is 1. The van der Waals surface area contributed by atoms with E-state index in [4.69, 9.17) is 0 Å². The topological polar surface area (TPSA) is 79.2 Å². The number of rotatable bonds is 4. The molecular formula is C16H21N7O. The van der Waals surface area contributed by atoms with Gasteiger partial charge in [-0.2, -0.15) is 4.68 Å². The zero-order chi connectivity index (χ0) is 16.4. The standard InChI is InChI=1S/C16H21N7O/c24-16-17-8-10-22(16)14-7-4-9-21(11-14)12-15-18-19-20-23(15)13-5-2-1-3-6-13/h1-3,5-6,14H,4,7-12H2,(H,17,24)/t14-/m0/s1. The molecule has 1 aromatic heterocycles. The first-order valence-corrected chi connectivity index (χ1v) is 8.41. The van der Waals surface area contributed by atoms with E-state index in [9.17, 15) is 4.79 Å². The van der Waals surface area contributed by atoms with E-state index in [2.05, 4.69) is 25.7 Å². The second-order valence-electron chi connectivity index (χ2n) is 6.30. The zero-order valence-electron chi connectivity index (χ0n) is 13.5. The number of hydrogen-bond acceptors (Lipinski definition) is 5. The van der Waals surface area contributed by atoms with Gasteiger partial charge in [0.2, 0.25) is 0 Å². The van der Waals surface area contributed by atoms with Crippen LogP contribution in [0.15, 0.2) is 30.3 Å². The van der Waals surface area contributed by atoms with Crippen molar-refractivity contribution >= 4 is 6.03 Å². The molecule has 2 aromatic rings. The smallest absolute Gasteiger partial charge is 0.317 e. The summed E-state index contributed by atoms with van der Waals surface area (Å²) in [5.41, 5.74) is 0.963. The highest BCUT2D eigenvalue weighted by Gasteiger charge is 2.31. The molecule has 8 nitrogen and oxygen atoms in total. The molecule has 2 amide bonds. The van der Waals surface area contributed by atoms with E-state index in [-0.39, 0.29) is 12.1 Å². The highest BCUT2D eigenvalue weighted by molar-refractivity contribution is 5.76. The molecule has 0 saturated carbocycles. The van der Waals surface area contributed by atoms with Gasteiger partial charge in [0, 0.05) is 25.7 Å². The van der Waals surface area contributed by atoms with Gasteiger partial charge in [-0.15, -0.1) is 5.10 Å². The fourth-order valence-electron chi connectivity index (χ4n) is 3.54. The molecule has 1 atom stereocenters. The van der Waals surface area contributed by atoms with Crippen LogP contribution in [0.5, 0.6) is 0 Å². The Labute approximate surface area is 140 Å². The van der Waals surface area contributed by atoms with Crippen LogP contribution in [-0.4, -0.2) is 68.3 Å². The van der Waals surface area contributed by atoms with Crippen LogP contribution < -0.4 is 5.32 Å². The molecule has 8 heteroatoms. The molecular weight excluding hydrogens is 306 g/mol. The minimum atomic E-state index is 0.0657. The molecule has 0 aliphatic carbocycles. The summed E-state index contributed by atoms with van der Waals surface area (Å²) in [6.45, 7) is 4.12. The molecule has 0 spiro atoms. The zero-order valence-corrected chi connectivity index (χ0v) is 13.5. The SMILES string of the molecule is O=C1NCCN1[C@H]1CCCN(Cc2nnnn2-c2ccccc2)C1. The molecule has 0 radical (unpaired) electrons. The predicted molar refractivity (Wildman–Crippen MR) is 87.6 cm³/mol.